The van der Waals surface area contributed by atoms with E-state index in [1.54, 1.807) is 36.4 Å². The van der Waals surface area contributed by atoms with Gasteiger partial charge >= 0.3 is 0 Å². The SMILES string of the molecule is CCCOc1ccc(C(=O)Nc2ccc(I)cc2Cl)cc1. The summed E-state index contributed by atoms with van der Waals surface area (Å²) in [7, 11) is 0. The van der Waals surface area contributed by atoms with E-state index in [1.165, 1.54) is 0 Å². The molecule has 0 bridgehead atoms. The minimum Gasteiger partial charge on any atom is -0.494 e. The van der Waals surface area contributed by atoms with Crippen LogP contribution < -0.4 is 10.1 Å². The van der Waals surface area contributed by atoms with Crippen LogP contribution in [0.25, 0.3) is 0 Å². The third-order valence-electron chi connectivity index (χ3n) is 2.77. The molecule has 3 nitrogen and oxygen atoms in total. The quantitative estimate of drug-likeness (QED) is 0.699. The van der Waals surface area contributed by atoms with E-state index in [1.807, 2.05) is 13.0 Å². The van der Waals surface area contributed by atoms with Crippen molar-refractivity contribution in [3.8, 4) is 5.75 Å². The fourth-order valence-corrected chi connectivity index (χ4v) is 2.61. The predicted molar refractivity (Wildman–Crippen MR) is 94.4 cm³/mol. The summed E-state index contributed by atoms with van der Waals surface area (Å²) in [4.78, 5) is 12.2. The third kappa shape index (κ3) is 4.61. The molecule has 1 N–H and O–H groups in total. The number of hydrogen-bond acceptors (Lipinski definition) is 2. The molecule has 0 aliphatic carbocycles. The zero-order chi connectivity index (χ0) is 15.2. The average Bonchev–Trinajstić information content (AvgIpc) is 2.48. The van der Waals surface area contributed by atoms with Crippen molar-refractivity contribution in [2.45, 2.75) is 13.3 Å². The molecule has 2 rings (SSSR count). The summed E-state index contributed by atoms with van der Waals surface area (Å²) in [6.45, 7) is 2.72. The molecule has 0 atom stereocenters. The highest BCUT2D eigenvalue weighted by atomic mass is 127. The largest absolute Gasteiger partial charge is 0.494 e. The number of carbonyl (C=O) groups excluding carboxylic acids is 1. The Labute approximate surface area is 142 Å². The summed E-state index contributed by atoms with van der Waals surface area (Å²) in [6.07, 6.45) is 0.952. The molecule has 2 aromatic rings. The van der Waals surface area contributed by atoms with Crippen LogP contribution in [0.3, 0.4) is 0 Å². The van der Waals surface area contributed by atoms with Gasteiger partial charge in [0.2, 0.25) is 0 Å². The molecule has 5 heteroatoms. The first-order valence-corrected chi connectivity index (χ1v) is 8.05. The van der Waals surface area contributed by atoms with Gasteiger partial charge in [-0.25, -0.2) is 0 Å². The van der Waals surface area contributed by atoms with E-state index in [0.717, 1.165) is 15.7 Å². The maximum absolute atomic E-state index is 12.2. The van der Waals surface area contributed by atoms with E-state index in [-0.39, 0.29) is 5.91 Å². The fraction of sp³-hybridized carbons (Fsp3) is 0.188. The second-order valence-corrected chi connectivity index (χ2v) is 6.10. The first kappa shape index (κ1) is 16.1. The molecule has 0 aliphatic heterocycles. The third-order valence-corrected chi connectivity index (χ3v) is 3.75. The molecular formula is C16H15ClINO2. The van der Waals surface area contributed by atoms with Crippen LogP contribution in [0.4, 0.5) is 5.69 Å². The van der Waals surface area contributed by atoms with Crippen molar-refractivity contribution in [1.29, 1.82) is 0 Å². The molecule has 0 unspecified atom stereocenters. The maximum Gasteiger partial charge on any atom is 0.255 e. The standard InChI is InChI=1S/C16H15ClINO2/c1-2-9-21-13-6-3-11(4-7-13)16(20)19-15-8-5-12(18)10-14(15)17/h3-8,10H,2,9H2,1H3,(H,19,20). The molecule has 21 heavy (non-hydrogen) atoms. The summed E-state index contributed by atoms with van der Waals surface area (Å²) < 4.78 is 6.51. The molecule has 0 saturated heterocycles. The Kier molecular flexibility index (Phi) is 5.87. The summed E-state index contributed by atoms with van der Waals surface area (Å²) in [5.41, 5.74) is 1.17. The van der Waals surface area contributed by atoms with Crippen LogP contribution in [0.5, 0.6) is 5.75 Å². The normalized spacial score (nSPS) is 10.2. The van der Waals surface area contributed by atoms with Gasteiger partial charge in [0.05, 0.1) is 17.3 Å². The number of hydrogen-bond donors (Lipinski definition) is 1. The van der Waals surface area contributed by atoms with Crippen LogP contribution in [0.15, 0.2) is 42.5 Å². The fourth-order valence-electron chi connectivity index (χ4n) is 1.71. The molecule has 0 aromatic heterocycles. The molecule has 0 aliphatic rings. The summed E-state index contributed by atoms with van der Waals surface area (Å²) in [6, 6.07) is 12.5. The van der Waals surface area contributed by atoms with Gasteiger partial charge in [0.25, 0.3) is 5.91 Å². The monoisotopic (exact) mass is 415 g/mol. The minimum atomic E-state index is -0.194. The van der Waals surface area contributed by atoms with E-state index in [2.05, 4.69) is 27.9 Å². The van der Waals surface area contributed by atoms with Crippen molar-refractivity contribution in [1.82, 2.24) is 0 Å². The molecule has 0 saturated carbocycles. The van der Waals surface area contributed by atoms with Crippen LogP contribution in [0.1, 0.15) is 23.7 Å². The zero-order valence-corrected chi connectivity index (χ0v) is 14.4. The molecule has 2 aromatic carbocycles. The Morgan fingerprint density at radius 3 is 2.57 bits per heavy atom. The highest BCUT2D eigenvalue weighted by molar-refractivity contribution is 14.1. The van der Waals surface area contributed by atoms with E-state index in [4.69, 9.17) is 16.3 Å². The molecule has 1 amide bonds. The van der Waals surface area contributed by atoms with Crippen LogP contribution in [0.2, 0.25) is 5.02 Å². The Hall–Kier alpha value is -1.27. The van der Waals surface area contributed by atoms with Gasteiger partial charge < -0.3 is 10.1 Å². The van der Waals surface area contributed by atoms with Crippen LogP contribution in [-0.2, 0) is 0 Å². The molecular weight excluding hydrogens is 401 g/mol. The van der Waals surface area contributed by atoms with E-state index >= 15 is 0 Å². The molecule has 0 spiro atoms. The van der Waals surface area contributed by atoms with Crippen molar-refractivity contribution in [2.24, 2.45) is 0 Å². The van der Waals surface area contributed by atoms with Gasteiger partial charge in [-0.15, -0.1) is 0 Å². The molecule has 0 radical (unpaired) electrons. The van der Waals surface area contributed by atoms with Crippen molar-refractivity contribution in [2.75, 3.05) is 11.9 Å². The lowest BCUT2D eigenvalue weighted by Gasteiger charge is -2.09. The lowest BCUT2D eigenvalue weighted by Crippen LogP contribution is -2.12. The lowest BCUT2D eigenvalue weighted by molar-refractivity contribution is 0.102. The number of halogens is 2. The van der Waals surface area contributed by atoms with Crippen molar-refractivity contribution in [3.05, 3.63) is 56.6 Å². The average molecular weight is 416 g/mol. The Morgan fingerprint density at radius 2 is 1.95 bits per heavy atom. The number of nitrogens with one attached hydrogen (secondary N) is 1. The number of amides is 1. The predicted octanol–water partition coefficient (Wildman–Crippen LogP) is 4.99. The van der Waals surface area contributed by atoms with E-state index < -0.39 is 0 Å². The van der Waals surface area contributed by atoms with Crippen molar-refractivity contribution >= 4 is 45.8 Å². The topological polar surface area (TPSA) is 38.3 Å². The second-order valence-electron chi connectivity index (χ2n) is 4.45. The Bertz CT molecular complexity index is 629. The summed E-state index contributed by atoms with van der Waals surface area (Å²) in [5, 5.41) is 3.33. The van der Waals surface area contributed by atoms with Gasteiger partial charge in [0, 0.05) is 9.13 Å². The molecule has 0 fully saturated rings. The van der Waals surface area contributed by atoms with E-state index in [0.29, 0.717) is 22.9 Å². The highest BCUT2D eigenvalue weighted by Crippen LogP contribution is 2.24. The van der Waals surface area contributed by atoms with E-state index in [9.17, 15) is 4.79 Å². The van der Waals surface area contributed by atoms with Gasteiger partial charge in [-0.05, 0) is 71.5 Å². The van der Waals surface area contributed by atoms with Crippen molar-refractivity contribution < 1.29 is 9.53 Å². The smallest absolute Gasteiger partial charge is 0.255 e. The number of benzene rings is 2. The van der Waals surface area contributed by atoms with Gasteiger partial charge in [-0.2, -0.15) is 0 Å². The van der Waals surface area contributed by atoms with Crippen molar-refractivity contribution in [3.63, 3.8) is 0 Å². The minimum absolute atomic E-state index is 0.194. The number of carbonyl (C=O) groups is 1. The summed E-state index contributed by atoms with van der Waals surface area (Å²) >= 11 is 8.27. The second kappa shape index (κ2) is 7.66. The number of rotatable bonds is 5. The van der Waals surface area contributed by atoms with Crippen LogP contribution in [0, 0.1) is 3.57 Å². The number of ether oxygens (including phenoxy) is 1. The number of anilines is 1. The van der Waals surface area contributed by atoms with Crippen LogP contribution >= 0.6 is 34.2 Å². The van der Waals surface area contributed by atoms with Crippen LogP contribution in [-0.4, -0.2) is 12.5 Å². The van der Waals surface area contributed by atoms with Gasteiger partial charge in [-0.3, -0.25) is 4.79 Å². The van der Waals surface area contributed by atoms with Gasteiger partial charge in [-0.1, -0.05) is 18.5 Å². The lowest BCUT2D eigenvalue weighted by atomic mass is 10.2. The molecule has 0 heterocycles. The first-order chi connectivity index (χ1) is 10.1. The highest BCUT2D eigenvalue weighted by Gasteiger charge is 2.09. The zero-order valence-electron chi connectivity index (χ0n) is 11.5. The summed E-state index contributed by atoms with van der Waals surface area (Å²) in [5.74, 6) is 0.570. The van der Waals surface area contributed by atoms with Gasteiger partial charge in [0.1, 0.15) is 5.75 Å². The van der Waals surface area contributed by atoms with Gasteiger partial charge in [0.15, 0.2) is 0 Å². The Balaban J connectivity index is 2.06. The molecule has 110 valence electrons. The Morgan fingerprint density at radius 1 is 1.24 bits per heavy atom. The maximum atomic E-state index is 12.2. The first-order valence-electron chi connectivity index (χ1n) is 6.59.